The van der Waals surface area contributed by atoms with Crippen LogP contribution in [0, 0.1) is 0 Å². The van der Waals surface area contributed by atoms with Crippen molar-refractivity contribution in [2.24, 2.45) is 9.39 Å². The highest BCUT2D eigenvalue weighted by molar-refractivity contribution is 7.92. The number of unbranched alkanes of at least 4 members (excludes halogenated alkanes) is 5. The van der Waals surface area contributed by atoms with Gasteiger partial charge in [0.1, 0.15) is 12.4 Å². The van der Waals surface area contributed by atoms with E-state index in [9.17, 15) is 21.9 Å². The topological polar surface area (TPSA) is 171 Å². The van der Waals surface area contributed by atoms with Crippen molar-refractivity contribution in [1.82, 2.24) is 10.0 Å². The number of hydrogen-bond donors (Lipinski definition) is 5. The molecule has 1 unspecified atom stereocenters. The van der Waals surface area contributed by atoms with Gasteiger partial charge in [0.25, 0.3) is 0 Å². The van der Waals surface area contributed by atoms with Crippen molar-refractivity contribution in [3.63, 3.8) is 0 Å². The molecule has 2 atom stereocenters. The molecule has 12 nitrogen and oxygen atoms in total. The molecule has 0 amide bonds. The molecule has 3 aromatic carbocycles. The van der Waals surface area contributed by atoms with E-state index in [1.54, 1.807) is 18.2 Å². The van der Waals surface area contributed by atoms with Gasteiger partial charge in [-0.2, -0.15) is 8.42 Å². The number of amidine groups is 2. The van der Waals surface area contributed by atoms with E-state index in [1.165, 1.54) is 19.3 Å². The molecule has 5 N–H and O–H groups in total. The molecule has 266 valence electrons. The summed E-state index contributed by atoms with van der Waals surface area (Å²) in [7, 11) is -7.41. The lowest BCUT2D eigenvalue weighted by atomic mass is 10.0. The first-order valence-corrected chi connectivity index (χ1v) is 20.0. The molecular weight excluding hydrogens is 665 g/mol. The van der Waals surface area contributed by atoms with Crippen LogP contribution in [0.25, 0.3) is 0 Å². The highest BCUT2D eigenvalue weighted by atomic mass is 32.2. The second kappa shape index (κ2) is 18.1. The molecule has 0 radical (unpaired) electrons. The Morgan fingerprint density at radius 1 is 0.959 bits per heavy atom. The van der Waals surface area contributed by atoms with E-state index in [-0.39, 0.29) is 36.6 Å². The maximum atomic E-state index is 12.1. The van der Waals surface area contributed by atoms with Gasteiger partial charge in [-0.1, -0.05) is 87.6 Å². The number of nitrogens with zero attached hydrogens (tertiary/aromatic N) is 2. The molecule has 1 aliphatic rings. The normalized spacial score (nSPS) is 16.1. The Labute approximate surface area is 290 Å². The van der Waals surface area contributed by atoms with E-state index >= 15 is 0 Å². The molecular formula is C35H48N6O6S2. The Balaban J connectivity index is 1.29. The number of nitrogens with one attached hydrogen (secondary N) is 4. The Bertz CT molecular complexity index is 1780. The van der Waals surface area contributed by atoms with Crippen LogP contribution in [0.4, 0.5) is 11.4 Å². The first-order chi connectivity index (χ1) is 23.4. The molecule has 0 aromatic heterocycles. The Kier molecular flexibility index (Phi) is 14.0. The lowest BCUT2D eigenvalue weighted by molar-refractivity contribution is 0.170. The Morgan fingerprint density at radius 3 is 2.39 bits per heavy atom. The lowest BCUT2D eigenvalue weighted by Gasteiger charge is -2.19. The van der Waals surface area contributed by atoms with Crippen LogP contribution in [-0.2, 0) is 33.3 Å². The molecule has 0 spiro atoms. The molecule has 1 heterocycles. The predicted molar refractivity (Wildman–Crippen MR) is 197 cm³/mol. The average molecular weight is 713 g/mol. The third-order valence-corrected chi connectivity index (χ3v) is 9.25. The number of rotatable bonds is 19. The van der Waals surface area contributed by atoms with E-state index in [4.69, 9.17) is 4.74 Å². The minimum Gasteiger partial charge on any atom is -0.487 e. The van der Waals surface area contributed by atoms with Crippen LogP contribution in [0.1, 0.15) is 75.2 Å². The van der Waals surface area contributed by atoms with Crippen molar-refractivity contribution >= 4 is 43.3 Å². The zero-order valence-electron chi connectivity index (χ0n) is 28.4. The van der Waals surface area contributed by atoms with Gasteiger partial charge in [-0.3, -0.25) is 9.71 Å². The van der Waals surface area contributed by atoms with Crippen LogP contribution in [0.3, 0.4) is 0 Å². The van der Waals surface area contributed by atoms with Crippen molar-refractivity contribution in [3.8, 4) is 5.75 Å². The van der Waals surface area contributed by atoms with Gasteiger partial charge in [0, 0.05) is 24.8 Å². The number of aliphatic hydroxyl groups excluding tert-OH is 1. The quantitative estimate of drug-likeness (QED) is 0.104. The SMILES string of the molecule is CCCCCCCCN=C1NS(=O)(=O)N=C1Nc1ccc(CC(C)NC[C@H](O)c2ccc(OCc3ccccc3)c(NS(C)(=O)=O)c2)cc1. The van der Waals surface area contributed by atoms with Crippen molar-refractivity contribution in [3.05, 3.63) is 89.5 Å². The number of aliphatic imine (C=N–C) groups is 1. The van der Waals surface area contributed by atoms with Gasteiger partial charge in [0.2, 0.25) is 10.0 Å². The van der Waals surface area contributed by atoms with Gasteiger partial charge in [0.15, 0.2) is 11.7 Å². The summed E-state index contributed by atoms with van der Waals surface area (Å²) in [6.07, 6.45) is 7.55. The fourth-order valence-electron chi connectivity index (χ4n) is 5.24. The number of hydrogen-bond acceptors (Lipinski definition) is 9. The summed E-state index contributed by atoms with van der Waals surface area (Å²) in [6, 6.07) is 22.1. The number of anilines is 2. The molecule has 49 heavy (non-hydrogen) atoms. The predicted octanol–water partition coefficient (Wildman–Crippen LogP) is 5.31. The third-order valence-electron chi connectivity index (χ3n) is 7.78. The lowest BCUT2D eigenvalue weighted by Crippen LogP contribution is -2.32. The third kappa shape index (κ3) is 13.1. The summed E-state index contributed by atoms with van der Waals surface area (Å²) in [4.78, 5) is 4.44. The number of sulfonamides is 1. The number of benzene rings is 3. The van der Waals surface area contributed by atoms with Crippen molar-refractivity contribution < 1.29 is 26.7 Å². The summed E-state index contributed by atoms with van der Waals surface area (Å²) in [6.45, 7) is 5.21. The molecule has 1 aliphatic heterocycles. The zero-order chi connectivity index (χ0) is 35.3. The maximum absolute atomic E-state index is 12.1. The van der Waals surface area contributed by atoms with Gasteiger partial charge in [0.05, 0.1) is 18.0 Å². The van der Waals surface area contributed by atoms with Crippen LogP contribution in [0.2, 0.25) is 0 Å². The first kappa shape index (κ1) is 37.8. The molecule has 0 aliphatic carbocycles. The molecule has 0 saturated carbocycles. The van der Waals surface area contributed by atoms with E-state index in [1.807, 2.05) is 61.5 Å². The second-order valence-electron chi connectivity index (χ2n) is 12.3. The van der Waals surface area contributed by atoms with E-state index in [0.29, 0.717) is 30.0 Å². The van der Waals surface area contributed by atoms with E-state index in [0.717, 1.165) is 36.6 Å². The summed E-state index contributed by atoms with van der Waals surface area (Å²) in [5.74, 6) is 0.759. The summed E-state index contributed by atoms with van der Waals surface area (Å²) in [5.41, 5.74) is 3.45. The van der Waals surface area contributed by atoms with Gasteiger partial charge >= 0.3 is 10.2 Å². The maximum Gasteiger partial charge on any atom is 0.345 e. The summed E-state index contributed by atoms with van der Waals surface area (Å²) < 4.78 is 62.9. The smallest absolute Gasteiger partial charge is 0.345 e. The van der Waals surface area contributed by atoms with Gasteiger partial charge in [-0.05, 0) is 60.7 Å². The first-order valence-electron chi connectivity index (χ1n) is 16.6. The molecule has 3 aromatic rings. The van der Waals surface area contributed by atoms with Crippen LogP contribution in [0.15, 0.2) is 82.2 Å². The second-order valence-corrected chi connectivity index (χ2v) is 15.4. The minimum absolute atomic E-state index is 0.00446. The Hall–Kier alpha value is -3.98. The number of aliphatic hydroxyl groups is 1. The summed E-state index contributed by atoms with van der Waals surface area (Å²) in [5, 5.41) is 17.4. The molecule has 0 bridgehead atoms. The Morgan fingerprint density at radius 2 is 1.67 bits per heavy atom. The van der Waals surface area contributed by atoms with Gasteiger partial charge in [-0.25, -0.2) is 13.1 Å². The van der Waals surface area contributed by atoms with E-state index < -0.39 is 26.3 Å². The molecule has 0 saturated heterocycles. The monoisotopic (exact) mass is 712 g/mol. The summed E-state index contributed by atoms with van der Waals surface area (Å²) >= 11 is 0. The van der Waals surface area contributed by atoms with Gasteiger partial charge in [-0.15, -0.1) is 4.40 Å². The number of ether oxygens (including phenoxy) is 1. The van der Waals surface area contributed by atoms with Crippen molar-refractivity contribution in [2.45, 2.75) is 77.5 Å². The highest BCUT2D eigenvalue weighted by Gasteiger charge is 2.26. The highest BCUT2D eigenvalue weighted by Crippen LogP contribution is 2.30. The molecule has 4 rings (SSSR count). The fourth-order valence-corrected chi connectivity index (χ4v) is 6.62. The molecule has 0 fully saturated rings. The fraction of sp³-hybridized carbons (Fsp3) is 0.429. The molecule has 14 heteroatoms. The van der Waals surface area contributed by atoms with Crippen LogP contribution in [0.5, 0.6) is 5.75 Å². The zero-order valence-corrected chi connectivity index (χ0v) is 30.0. The van der Waals surface area contributed by atoms with Gasteiger partial charge < -0.3 is 20.5 Å². The standard InChI is InChI=1S/C35H48N6O6S2/c1-4-5-6-7-8-12-21-36-34-35(41-49(45,46)40-34)38-30-18-15-27(16-19-30)22-26(2)37-24-32(42)29-17-20-33(31(23-29)39-48(3,43)44)47-25-28-13-10-9-11-14-28/h9-11,13-20,23,26,32,37,39,42H,4-8,12,21-22,24-25H2,1-3H3,(H,36,40)(H,38,41)/t26?,32-/m0/s1. The van der Waals surface area contributed by atoms with Crippen LogP contribution < -0.4 is 24.8 Å². The van der Waals surface area contributed by atoms with Crippen molar-refractivity contribution in [1.29, 1.82) is 0 Å². The van der Waals surface area contributed by atoms with Crippen LogP contribution >= 0.6 is 0 Å². The van der Waals surface area contributed by atoms with Crippen molar-refractivity contribution in [2.75, 3.05) is 29.4 Å². The largest absolute Gasteiger partial charge is 0.487 e. The van der Waals surface area contributed by atoms with E-state index in [2.05, 4.69) is 36.4 Å². The average Bonchev–Trinajstić information content (AvgIpc) is 3.35. The van der Waals surface area contributed by atoms with Crippen LogP contribution in [-0.4, -0.2) is 59.0 Å². The minimum atomic E-state index is -3.82.